The molecule has 156 valence electrons. The number of nitrogens with two attached hydrogens (primary N) is 1. The molecule has 2 aromatic heterocycles. The first-order chi connectivity index (χ1) is 13.6. The number of rotatable bonds is 3. The van der Waals surface area contributed by atoms with E-state index < -0.39 is 12.2 Å². The number of ether oxygens (including phenoxy) is 1. The average molecular weight is 421 g/mol. The van der Waals surface area contributed by atoms with Gasteiger partial charge in [0.15, 0.2) is 11.2 Å². The van der Waals surface area contributed by atoms with Crippen molar-refractivity contribution in [3.63, 3.8) is 0 Å². The van der Waals surface area contributed by atoms with Gasteiger partial charge in [-0.05, 0) is 36.8 Å². The van der Waals surface area contributed by atoms with E-state index in [0.717, 1.165) is 6.42 Å². The lowest BCUT2D eigenvalue weighted by Gasteiger charge is -2.47. The topological polar surface area (TPSA) is 119 Å². The van der Waals surface area contributed by atoms with Crippen LogP contribution in [0.4, 0.5) is 10.7 Å². The van der Waals surface area contributed by atoms with Crippen molar-refractivity contribution in [3.05, 3.63) is 15.6 Å². The van der Waals surface area contributed by atoms with Crippen LogP contribution in [-0.2, 0) is 11.3 Å². The number of carbonyl (C=O) groups is 1. The third-order valence-corrected chi connectivity index (χ3v) is 5.15. The Hall–Kier alpha value is -2.73. The van der Waals surface area contributed by atoms with Crippen molar-refractivity contribution in [2.24, 2.45) is 11.1 Å². The zero-order chi connectivity index (χ0) is 21.3. The molecule has 1 aliphatic rings. The lowest BCUT2D eigenvalue weighted by molar-refractivity contribution is 0.0394. The first-order valence-electron chi connectivity index (χ1n) is 9.42. The maximum atomic E-state index is 12.6. The summed E-state index contributed by atoms with van der Waals surface area (Å²) in [5, 5.41) is -0.0266. The summed E-state index contributed by atoms with van der Waals surface area (Å²) in [6.07, 6.45) is 0.265. The molecule has 2 atom stereocenters. The summed E-state index contributed by atoms with van der Waals surface area (Å²) >= 11 is 5.93. The van der Waals surface area contributed by atoms with Gasteiger partial charge in [-0.25, -0.2) is 4.79 Å². The number of amides is 1. The van der Waals surface area contributed by atoms with Crippen LogP contribution >= 0.6 is 11.6 Å². The van der Waals surface area contributed by atoms with Crippen molar-refractivity contribution in [1.29, 1.82) is 0 Å². The number of hydrogen-bond acceptors (Lipinski definition) is 6. The highest BCUT2D eigenvalue weighted by Crippen LogP contribution is 2.37. The fourth-order valence-electron chi connectivity index (χ4n) is 4.01. The van der Waals surface area contributed by atoms with Crippen LogP contribution in [0.15, 0.2) is 4.79 Å². The van der Waals surface area contributed by atoms with Gasteiger partial charge in [0.05, 0.1) is 12.6 Å². The van der Waals surface area contributed by atoms with Crippen molar-refractivity contribution in [1.82, 2.24) is 19.5 Å². The van der Waals surface area contributed by atoms with Crippen molar-refractivity contribution in [3.8, 4) is 11.8 Å². The van der Waals surface area contributed by atoms with E-state index in [1.165, 1.54) is 0 Å². The van der Waals surface area contributed by atoms with Crippen molar-refractivity contribution < 1.29 is 9.53 Å². The summed E-state index contributed by atoms with van der Waals surface area (Å²) in [5.41, 5.74) is 5.22. The molecule has 10 heteroatoms. The minimum absolute atomic E-state index is 0.0266. The van der Waals surface area contributed by atoms with Gasteiger partial charge in [-0.1, -0.05) is 26.7 Å². The van der Waals surface area contributed by atoms with Crippen molar-refractivity contribution >= 4 is 34.8 Å². The lowest BCUT2D eigenvalue weighted by Crippen LogP contribution is -2.57. The fraction of sp³-hybridized carbons (Fsp3) is 0.579. The molecule has 0 spiro atoms. The van der Waals surface area contributed by atoms with Gasteiger partial charge in [-0.15, -0.1) is 5.92 Å². The molecular formula is C19H25ClN6O3. The summed E-state index contributed by atoms with van der Waals surface area (Å²) in [6, 6.07) is -0.205. The summed E-state index contributed by atoms with van der Waals surface area (Å²) in [4.78, 5) is 37.4. The van der Waals surface area contributed by atoms with Gasteiger partial charge in [0.2, 0.25) is 11.2 Å². The molecule has 29 heavy (non-hydrogen) atoms. The highest BCUT2D eigenvalue weighted by Gasteiger charge is 2.43. The number of halogens is 1. The van der Waals surface area contributed by atoms with Crippen LogP contribution in [0.5, 0.6) is 0 Å². The predicted octanol–water partition coefficient (Wildman–Crippen LogP) is 2.28. The van der Waals surface area contributed by atoms with E-state index in [1.54, 1.807) is 11.5 Å². The highest BCUT2D eigenvalue weighted by atomic mass is 35.5. The maximum absolute atomic E-state index is 12.6. The molecule has 1 amide bonds. The first-order valence-corrected chi connectivity index (χ1v) is 9.79. The highest BCUT2D eigenvalue weighted by molar-refractivity contribution is 6.28. The van der Waals surface area contributed by atoms with Gasteiger partial charge in [0.1, 0.15) is 6.10 Å². The standard InChI is InChI=1S/C19H25ClN6O3/c1-5-6-9-25-12-14(22-16(20)24-15(12)27)23-18(25)26-10-7-8-11(29-17(21)28)13(26)19(2,3)4/h11,13H,7-10H2,1-4H3,(H2,21,28)(H,22,24,27). The second-order valence-electron chi connectivity index (χ2n) is 8.08. The number of aromatic amines is 1. The number of aromatic nitrogens is 4. The maximum Gasteiger partial charge on any atom is 0.404 e. The van der Waals surface area contributed by atoms with Gasteiger partial charge in [-0.3, -0.25) is 14.3 Å². The molecule has 0 saturated carbocycles. The van der Waals surface area contributed by atoms with Crippen LogP contribution in [0.25, 0.3) is 11.2 Å². The number of piperidine rings is 1. The van der Waals surface area contributed by atoms with E-state index >= 15 is 0 Å². The average Bonchev–Trinajstić information content (AvgIpc) is 2.96. The minimum atomic E-state index is -0.804. The number of carbonyl (C=O) groups excluding carboxylic acids is 1. The molecule has 3 heterocycles. The molecule has 2 aromatic rings. The van der Waals surface area contributed by atoms with Crippen LogP contribution < -0.4 is 16.2 Å². The summed E-state index contributed by atoms with van der Waals surface area (Å²) in [7, 11) is 0. The molecule has 3 rings (SSSR count). The Morgan fingerprint density at radius 2 is 2.14 bits per heavy atom. The molecule has 0 aliphatic carbocycles. The van der Waals surface area contributed by atoms with Crippen LogP contribution in [0.2, 0.25) is 5.28 Å². The zero-order valence-corrected chi connectivity index (χ0v) is 17.7. The Bertz CT molecular complexity index is 1040. The molecule has 1 saturated heterocycles. The predicted molar refractivity (Wildman–Crippen MR) is 111 cm³/mol. The van der Waals surface area contributed by atoms with Gasteiger partial charge < -0.3 is 15.4 Å². The number of fused-ring (bicyclic) bond motifs is 1. The monoisotopic (exact) mass is 420 g/mol. The van der Waals surface area contributed by atoms with Gasteiger partial charge >= 0.3 is 6.09 Å². The largest absolute Gasteiger partial charge is 0.444 e. The quantitative estimate of drug-likeness (QED) is 0.580. The van der Waals surface area contributed by atoms with Crippen molar-refractivity contribution in [2.75, 3.05) is 11.4 Å². The Morgan fingerprint density at radius 1 is 1.41 bits per heavy atom. The molecule has 3 N–H and O–H groups in total. The summed E-state index contributed by atoms with van der Waals surface area (Å²) < 4.78 is 7.18. The second-order valence-corrected chi connectivity index (χ2v) is 8.43. The molecule has 0 radical (unpaired) electrons. The minimum Gasteiger partial charge on any atom is -0.444 e. The van der Waals surface area contributed by atoms with Crippen LogP contribution in [-0.4, -0.2) is 44.3 Å². The molecule has 2 unspecified atom stereocenters. The number of nitrogens with one attached hydrogen (secondary N) is 1. The lowest BCUT2D eigenvalue weighted by atomic mass is 9.79. The van der Waals surface area contributed by atoms with Gasteiger partial charge in [-0.2, -0.15) is 9.97 Å². The van der Waals surface area contributed by atoms with Crippen LogP contribution in [0.3, 0.4) is 0 Å². The molecule has 0 aromatic carbocycles. The third-order valence-electron chi connectivity index (χ3n) is 4.97. The van der Waals surface area contributed by atoms with Crippen molar-refractivity contribution in [2.45, 2.75) is 59.2 Å². The number of nitrogens with zero attached hydrogens (tertiary/aromatic N) is 4. The molecule has 0 bridgehead atoms. The summed E-state index contributed by atoms with van der Waals surface area (Å²) in [6.45, 7) is 8.86. The van der Waals surface area contributed by atoms with E-state index in [2.05, 4.69) is 52.5 Å². The zero-order valence-electron chi connectivity index (χ0n) is 17.0. The van der Waals surface area contributed by atoms with E-state index in [0.29, 0.717) is 24.4 Å². The van der Waals surface area contributed by atoms with Crippen LogP contribution in [0, 0.1) is 17.3 Å². The molecule has 1 fully saturated rings. The molecule has 9 nitrogen and oxygen atoms in total. The number of primary amides is 1. The first kappa shape index (κ1) is 21.0. The van der Waals surface area contributed by atoms with E-state index in [1.807, 2.05) is 0 Å². The SMILES string of the molecule is CC#CCn1c(N2CCCC(OC(N)=O)C2C(C)(C)C)nc2nc(Cl)[nH]c(=O)c21. The Kier molecular flexibility index (Phi) is 5.75. The Morgan fingerprint density at radius 3 is 2.76 bits per heavy atom. The molecular weight excluding hydrogens is 396 g/mol. The Balaban J connectivity index is 2.20. The number of H-pyrrole nitrogens is 1. The van der Waals surface area contributed by atoms with Gasteiger partial charge in [0, 0.05) is 6.54 Å². The second kappa shape index (κ2) is 7.95. The van der Waals surface area contributed by atoms with E-state index in [9.17, 15) is 9.59 Å². The third kappa shape index (κ3) is 4.17. The number of anilines is 1. The number of hydrogen-bond donors (Lipinski definition) is 2. The summed E-state index contributed by atoms with van der Waals surface area (Å²) in [5.74, 6) is 6.38. The Labute approximate surface area is 173 Å². The number of imidazole rings is 1. The normalized spacial score (nSPS) is 19.7. The van der Waals surface area contributed by atoms with Crippen LogP contribution in [0.1, 0.15) is 40.5 Å². The fourth-order valence-corrected chi connectivity index (χ4v) is 4.18. The van der Waals surface area contributed by atoms with E-state index in [-0.39, 0.29) is 34.5 Å². The smallest absolute Gasteiger partial charge is 0.404 e. The van der Waals surface area contributed by atoms with Gasteiger partial charge in [0.25, 0.3) is 5.56 Å². The molecule has 1 aliphatic heterocycles. The van der Waals surface area contributed by atoms with E-state index in [4.69, 9.17) is 22.1 Å².